The van der Waals surface area contributed by atoms with Gasteiger partial charge in [0.25, 0.3) is 0 Å². The van der Waals surface area contributed by atoms with Crippen LogP contribution in [0.3, 0.4) is 0 Å². The summed E-state index contributed by atoms with van der Waals surface area (Å²) in [6, 6.07) is 50.3. The van der Waals surface area contributed by atoms with Crippen LogP contribution >= 0.6 is 0 Å². The van der Waals surface area contributed by atoms with Gasteiger partial charge in [0.15, 0.2) is 5.82 Å². The molecule has 0 aliphatic heterocycles. The monoisotopic (exact) mass is 594 g/mol. The molecule has 0 atom stereocenters. The molecular formula is C41H30N4O. The van der Waals surface area contributed by atoms with Gasteiger partial charge in [-0.1, -0.05) is 121 Å². The van der Waals surface area contributed by atoms with Gasteiger partial charge in [-0.3, -0.25) is 9.13 Å². The Kier molecular flexibility index (Phi) is 6.65. The van der Waals surface area contributed by atoms with E-state index in [4.69, 9.17) is 9.97 Å². The van der Waals surface area contributed by atoms with Gasteiger partial charge >= 0.3 is 5.69 Å². The third-order valence-corrected chi connectivity index (χ3v) is 8.79. The van der Waals surface area contributed by atoms with Crippen molar-refractivity contribution in [1.29, 1.82) is 0 Å². The van der Waals surface area contributed by atoms with E-state index in [1.165, 1.54) is 10.8 Å². The second-order valence-corrected chi connectivity index (χ2v) is 11.6. The minimum Gasteiger partial charge on any atom is -0.295 e. The zero-order valence-corrected chi connectivity index (χ0v) is 25.6. The largest absolute Gasteiger partial charge is 0.328 e. The Balaban J connectivity index is 1.33. The number of fused-ring (bicyclic) bond motifs is 2. The number of aryl methyl sites for hydroxylation is 2. The number of hydrogen-bond donors (Lipinski definition) is 0. The van der Waals surface area contributed by atoms with Crippen LogP contribution < -0.4 is 5.69 Å². The first-order chi connectivity index (χ1) is 22.5. The maximum atomic E-state index is 12.6. The summed E-state index contributed by atoms with van der Waals surface area (Å²) in [7, 11) is 3.62. The van der Waals surface area contributed by atoms with Crippen LogP contribution in [0.2, 0.25) is 0 Å². The zero-order chi connectivity index (χ0) is 31.2. The van der Waals surface area contributed by atoms with Gasteiger partial charge < -0.3 is 0 Å². The quantitative estimate of drug-likeness (QED) is 0.200. The van der Waals surface area contributed by atoms with Crippen molar-refractivity contribution >= 4 is 21.8 Å². The summed E-state index contributed by atoms with van der Waals surface area (Å²) >= 11 is 0. The minimum atomic E-state index is -0.0357. The summed E-state index contributed by atoms with van der Waals surface area (Å²) in [5.41, 5.74) is 10.8. The van der Waals surface area contributed by atoms with E-state index in [0.29, 0.717) is 5.82 Å². The molecule has 0 saturated carbocycles. The highest BCUT2D eigenvalue weighted by Gasteiger charge is 2.17. The molecule has 220 valence electrons. The second kappa shape index (κ2) is 11.1. The predicted molar refractivity (Wildman–Crippen MR) is 188 cm³/mol. The average Bonchev–Trinajstić information content (AvgIpc) is 3.34. The minimum absolute atomic E-state index is 0.0357. The fraction of sp³-hybridized carbons (Fsp3) is 0.0488. The van der Waals surface area contributed by atoms with Crippen molar-refractivity contribution in [3.63, 3.8) is 0 Å². The van der Waals surface area contributed by atoms with E-state index in [0.717, 1.165) is 61.4 Å². The van der Waals surface area contributed by atoms with Crippen molar-refractivity contribution in [3.8, 4) is 56.2 Å². The first kappa shape index (κ1) is 27.5. The molecule has 46 heavy (non-hydrogen) atoms. The van der Waals surface area contributed by atoms with Crippen LogP contribution in [-0.2, 0) is 14.1 Å². The summed E-state index contributed by atoms with van der Waals surface area (Å²) in [5.74, 6) is 0.673. The van der Waals surface area contributed by atoms with Crippen molar-refractivity contribution in [2.24, 2.45) is 14.1 Å². The molecule has 0 saturated heterocycles. The van der Waals surface area contributed by atoms with E-state index in [1.54, 1.807) is 16.2 Å². The normalized spacial score (nSPS) is 11.3. The fourth-order valence-corrected chi connectivity index (χ4v) is 6.39. The Morgan fingerprint density at radius 1 is 0.478 bits per heavy atom. The van der Waals surface area contributed by atoms with Crippen molar-refractivity contribution < 1.29 is 0 Å². The maximum absolute atomic E-state index is 12.6. The number of rotatable bonds is 5. The Morgan fingerprint density at radius 2 is 1.11 bits per heavy atom. The summed E-state index contributed by atoms with van der Waals surface area (Å²) < 4.78 is 3.37. The van der Waals surface area contributed by atoms with Gasteiger partial charge in [-0.05, 0) is 57.3 Å². The van der Waals surface area contributed by atoms with Crippen LogP contribution in [0.4, 0.5) is 0 Å². The smallest absolute Gasteiger partial charge is 0.295 e. The lowest BCUT2D eigenvalue weighted by Crippen LogP contribution is -2.19. The van der Waals surface area contributed by atoms with Crippen LogP contribution in [0, 0.1) is 0 Å². The molecule has 5 heteroatoms. The van der Waals surface area contributed by atoms with E-state index in [-0.39, 0.29) is 5.69 Å². The van der Waals surface area contributed by atoms with Crippen molar-refractivity contribution in [3.05, 3.63) is 156 Å². The highest BCUT2D eigenvalue weighted by Crippen LogP contribution is 2.39. The van der Waals surface area contributed by atoms with E-state index in [9.17, 15) is 4.79 Å². The Bertz CT molecular complexity index is 2460. The van der Waals surface area contributed by atoms with Gasteiger partial charge in [-0.2, -0.15) is 0 Å². The Labute approximate surface area is 266 Å². The lowest BCUT2D eigenvalue weighted by Gasteiger charge is -2.16. The molecule has 0 bridgehead atoms. The molecule has 2 aromatic heterocycles. The standard InChI is InChI=1S/C41H30N4O/c1-44-37-23-21-31(25-38(37)45(2)41(44)46)30-17-11-18-32(24-30)35-26-36(43-40(42-35)29-15-7-4-8-16-29)34-22-20-27-12-9-10-19-33(27)39(34)28-13-5-3-6-14-28/h3-26H,1-2H3. The van der Waals surface area contributed by atoms with E-state index in [2.05, 4.69) is 115 Å². The lowest BCUT2D eigenvalue weighted by atomic mass is 9.91. The second-order valence-electron chi connectivity index (χ2n) is 11.6. The van der Waals surface area contributed by atoms with Crippen LogP contribution in [0.15, 0.2) is 150 Å². The van der Waals surface area contributed by atoms with Gasteiger partial charge in [0.2, 0.25) is 0 Å². The van der Waals surface area contributed by atoms with Crippen LogP contribution in [-0.4, -0.2) is 19.1 Å². The van der Waals surface area contributed by atoms with Gasteiger partial charge in [-0.25, -0.2) is 14.8 Å². The number of imidazole rings is 1. The highest BCUT2D eigenvalue weighted by atomic mass is 16.1. The maximum Gasteiger partial charge on any atom is 0.328 e. The van der Waals surface area contributed by atoms with E-state index >= 15 is 0 Å². The van der Waals surface area contributed by atoms with Crippen LogP contribution in [0.5, 0.6) is 0 Å². The number of aromatic nitrogens is 4. The Hall–Kier alpha value is -6.07. The number of benzene rings is 6. The van der Waals surface area contributed by atoms with Crippen molar-refractivity contribution in [2.45, 2.75) is 0 Å². The molecule has 8 rings (SSSR count). The van der Waals surface area contributed by atoms with Crippen molar-refractivity contribution in [1.82, 2.24) is 19.1 Å². The summed E-state index contributed by atoms with van der Waals surface area (Å²) in [4.78, 5) is 22.9. The molecule has 0 radical (unpaired) electrons. The molecule has 0 N–H and O–H groups in total. The first-order valence-electron chi connectivity index (χ1n) is 15.3. The molecule has 0 spiro atoms. The zero-order valence-electron chi connectivity index (χ0n) is 25.6. The molecule has 5 nitrogen and oxygen atoms in total. The SMILES string of the molecule is Cn1c(=O)n(C)c2cc(-c3cccc(-c4cc(-c5ccc6ccccc6c5-c5ccccc5)nc(-c5ccccc5)n4)c3)ccc21. The predicted octanol–water partition coefficient (Wildman–Crippen LogP) is 9.16. The Morgan fingerprint density at radius 3 is 1.91 bits per heavy atom. The first-order valence-corrected chi connectivity index (χ1v) is 15.3. The van der Waals surface area contributed by atoms with Crippen LogP contribution in [0.25, 0.3) is 78.0 Å². The molecule has 2 heterocycles. The molecule has 0 fully saturated rings. The van der Waals surface area contributed by atoms with E-state index in [1.807, 2.05) is 37.4 Å². The van der Waals surface area contributed by atoms with Gasteiger partial charge in [0.1, 0.15) is 0 Å². The molecular weight excluding hydrogens is 564 g/mol. The van der Waals surface area contributed by atoms with Crippen LogP contribution in [0.1, 0.15) is 0 Å². The van der Waals surface area contributed by atoms with Gasteiger partial charge in [-0.15, -0.1) is 0 Å². The molecule has 6 aromatic carbocycles. The molecule has 8 aromatic rings. The summed E-state index contributed by atoms with van der Waals surface area (Å²) in [5, 5.41) is 2.36. The van der Waals surface area contributed by atoms with E-state index < -0.39 is 0 Å². The highest BCUT2D eigenvalue weighted by molar-refractivity contribution is 6.04. The third-order valence-electron chi connectivity index (χ3n) is 8.79. The van der Waals surface area contributed by atoms with Crippen molar-refractivity contribution in [2.75, 3.05) is 0 Å². The molecule has 0 unspecified atom stereocenters. The molecule has 0 amide bonds. The topological polar surface area (TPSA) is 52.7 Å². The fourth-order valence-electron chi connectivity index (χ4n) is 6.39. The lowest BCUT2D eigenvalue weighted by molar-refractivity contribution is 0.795. The number of nitrogens with zero attached hydrogens (tertiary/aromatic N) is 4. The summed E-state index contributed by atoms with van der Waals surface area (Å²) in [6.07, 6.45) is 0. The van der Waals surface area contributed by atoms with Gasteiger partial charge in [0, 0.05) is 30.8 Å². The molecule has 0 aliphatic carbocycles. The summed E-state index contributed by atoms with van der Waals surface area (Å²) in [6.45, 7) is 0. The number of hydrogen-bond acceptors (Lipinski definition) is 3. The molecule has 0 aliphatic rings. The average molecular weight is 595 g/mol. The van der Waals surface area contributed by atoms with Gasteiger partial charge in [0.05, 0.1) is 22.4 Å². The third kappa shape index (κ3) is 4.70.